The zero-order valence-electron chi connectivity index (χ0n) is 21.1. The first-order valence-electron chi connectivity index (χ1n) is 12.2. The van der Waals surface area contributed by atoms with E-state index < -0.39 is 5.97 Å². The summed E-state index contributed by atoms with van der Waals surface area (Å²) in [6, 6.07) is 8.07. The number of thiophene rings is 1. The molecule has 0 saturated carbocycles. The van der Waals surface area contributed by atoms with Crippen LogP contribution in [0.15, 0.2) is 29.4 Å². The molecule has 36 heavy (non-hydrogen) atoms. The molecule has 2 heterocycles. The molecule has 0 atom stereocenters. The summed E-state index contributed by atoms with van der Waals surface area (Å²) < 4.78 is 12.9. The van der Waals surface area contributed by atoms with Gasteiger partial charge < -0.3 is 19.4 Å². The number of esters is 1. The van der Waals surface area contributed by atoms with Crippen molar-refractivity contribution in [2.75, 3.05) is 18.2 Å². The second-order valence-corrected chi connectivity index (χ2v) is 10.9. The maximum absolute atomic E-state index is 12.8. The monoisotopic (exact) mass is 528 g/mol. The summed E-state index contributed by atoms with van der Waals surface area (Å²) in [5.41, 5.74) is 2.79. The molecule has 0 spiro atoms. The number of benzene rings is 1. The third-order valence-electron chi connectivity index (χ3n) is 6.17. The van der Waals surface area contributed by atoms with Gasteiger partial charge in [0.1, 0.15) is 17.4 Å². The van der Waals surface area contributed by atoms with Crippen LogP contribution in [0.1, 0.15) is 71.7 Å². The van der Waals surface area contributed by atoms with Crippen LogP contribution in [0.4, 0.5) is 5.00 Å². The van der Waals surface area contributed by atoms with Crippen LogP contribution in [0.25, 0.3) is 0 Å². The Morgan fingerprint density at radius 3 is 2.61 bits per heavy atom. The van der Waals surface area contributed by atoms with Crippen molar-refractivity contribution in [3.63, 3.8) is 0 Å². The third kappa shape index (κ3) is 5.92. The normalized spacial score (nSPS) is 12.9. The topological polar surface area (TPSA) is 95.3 Å². The van der Waals surface area contributed by atoms with Crippen molar-refractivity contribution >= 4 is 40.0 Å². The highest BCUT2D eigenvalue weighted by Gasteiger charge is 2.27. The van der Waals surface area contributed by atoms with Crippen molar-refractivity contribution in [3.05, 3.63) is 51.7 Å². The van der Waals surface area contributed by atoms with E-state index in [2.05, 4.69) is 41.5 Å². The Kier molecular flexibility index (Phi) is 8.68. The number of nitrogens with zero attached hydrogens (tertiary/aromatic N) is 3. The van der Waals surface area contributed by atoms with E-state index in [1.165, 1.54) is 40.6 Å². The minimum absolute atomic E-state index is 0.152. The molecule has 1 N–H and O–H groups in total. The highest BCUT2D eigenvalue weighted by Crippen LogP contribution is 2.38. The summed E-state index contributed by atoms with van der Waals surface area (Å²) in [5, 5.41) is 12.7. The smallest absolute Gasteiger partial charge is 0.341 e. The fraction of sp³-hybridized carbons (Fsp3) is 0.462. The molecule has 1 aliphatic rings. The Morgan fingerprint density at radius 2 is 1.92 bits per heavy atom. The van der Waals surface area contributed by atoms with Crippen molar-refractivity contribution in [2.45, 2.75) is 70.7 Å². The number of nitrogens with one attached hydrogen (secondary N) is 1. The average molecular weight is 529 g/mol. The number of ether oxygens (including phenoxy) is 2. The summed E-state index contributed by atoms with van der Waals surface area (Å²) in [5.74, 6) is 1.50. The van der Waals surface area contributed by atoms with Crippen molar-refractivity contribution < 1.29 is 19.1 Å². The van der Waals surface area contributed by atoms with E-state index in [0.29, 0.717) is 34.0 Å². The SMILES string of the molecule is CCn1c(COc2ccc(C(C)C)cc2)nnc1SCC(=O)Nc1sc2c(c1C(=O)OC)CCCC2. The number of carbonyl (C=O) groups excluding carboxylic acids is 2. The molecule has 0 unspecified atom stereocenters. The van der Waals surface area contributed by atoms with Gasteiger partial charge in [-0.3, -0.25) is 4.79 Å². The minimum Gasteiger partial charge on any atom is -0.486 e. The number of methoxy groups -OCH3 is 1. The lowest BCUT2D eigenvalue weighted by Gasteiger charge is -2.12. The number of amides is 1. The van der Waals surface area contributed by atoms with E-state index >= 15 is 0 Å². The summed E-state index contributed by atoms with van der Waals surface area (Å²) in [6.45, 7) is 7.27. The Balaban J connectivity index is 1.37. The van der Waals surface area contributed by atoms with E-state index in [1.807, 2.05) is 23.6 Å². The first-order chi connectivity index (χ1) is 17.4. The molecule has 2 aromatic heterocycles. The molecule has 1 amide bonds. The fourth-order valence-electron chi connectivity index (χ4n) is 4.21. The largest absolute Gasteiger partial charge is 0.486 e. The number of aryl methyl sites for hydroxylation is 1. The number of hydrogen-bond donors (Lipinski definition) is 1. The maximum atomic E-state index is 12.8. The Hall–Kier alpha value is -2.85. The number of aromatic nitrogens is 3. The van der Waals surface area contributed by atoms with Crippen LogP contribution in [-0.2, 0) is 35.5 Å². The quantitative estimate of drug-likeness (QED) is 0.276. The van der Waals surface area contributed by atoms with Gasteiger partial charge in [0.2, 0.25) is 5.91 Å². The zero-order chi connectivity index (χ0) is 25.7. The zero-order valence-corrected chi connectivity index (χ0v) is 22.8. The van der Waals surface area contributed by atoms with E-state index in [4.69, 9.17) is 9.47 Å². The second-order valence-electron chi connectivity index (χ2n) is 8.90. The van der Waals surface area contributed by atoms with Crippen LogP contribution < -0.4 is 10.1 Å². The molecule has 0 aliphatic heterocycles. The first kappa shape index (κ1) is 26.2. The van der Waals surface area contributed by atoms with Gasteiger partial charge in [0, 0.05) is 11.4 Å². The third-order valence-corrected chi connectivity index (χ3v) is 8.34. The van der Waals surface area contributed by atoms with E-state index in [-0.39, 0.29) is 18.3 Å². The molecule has 192 valence electrons. The number of rotatable bonds is 10. The van der Waals surface area contributed by atoms with E-state index in [9.17, 15) is 9.59 Å². The van der Waals surface area contributed by atoms with Gasteiger partial charge in [0.05, 0.1) is 18.4 Å². The predicted octanol–water partition coefficient (Wildman–Crippen LogP) is 5.46. The van der Waals surface area contributed by atoms with Gasteiger partial charge in [-0.25, -0.2) is 4.79 Å². The predicted molar refractivity (Wildman–Crippen MR) is 142 cm³/mol. The van der Waals surface area contributed by atoms with Crippen LogP contribution in [0.2, 0.25) is 0 Å². The summed E-state index contributed by atoms with van der Waals surface area (Å²) >= 11 is 2.79. The minimum atomic E-state index is -0.397. The number of anilines is 1. The lowest BCUT2D eigenvalue weighted by Crippen LogP contribution is -2.17. The molecule has 0 fully saturated rings. The highest BCUT2D eigenvalue weighted by atomic mass is 32.2. The van der Waals surface area contributed by atoms with Crippen molar-refractivity contribution in [2.24, 2.45) is 0 Å². The molecule has 4 rings (SSSR count). The molecule has 0 saturated heterocycles. The Labute approximate surface area is 219 Å². The van der Waals surface area contributed by atoms with Gasteiger partial charge in [0.15, 0.2) is 11.0 Å². The molecule has 10 heteroatoms. The van der Waals surface area contributed by atoms with E-state index in [1.54, 1.807) is 0 Å². The van der Waals surface area contributed by atoms with Crippen molar-refractivity contribution in [1.82, 2.24) is 14.8 Å². The van der Waals surface area contributed by atoms with Crippen molar-refractivity contribution in [3.8, 4) is 5.75 Å². The van der Waals surface area contributed by atoms with Gasteiger partial charge >= 0.3 is 5.97 Å². The Bertz CT molecular complexity index is 1220. The lowest BCUT2D eigenvalue weighted by atomic mass is 9.95. The molecule has 0 radical (unpaired) electrons. The summed E-state index contributed by atoms with van der Waals surface area (Å²) in [7, 11) is 1.37. The maximum Gasteiger partial charge on any atom is 0.341 e. The summed E-state index contributed by atoms with van der Waals surface area (Å²) in [4.78, 5) is 26.4. The van der Waals surface area contributed by atoms with Gasteiger partial charge in [-0.1, -0.05) is 37.7 Å². The van der Waals surface area contributed by atoms with Gasteiger partial charge in [0.25, 0.3) is 0 Å². The van der Waals surface area contributed by atoms with Gasteiger partial charge in [-0.05, 0) is 61.8 Å². The highest BCUT2D eigenvalue weighted by molar-refractivity contribution is 7.99. The molecular formula is C26H32N4O4S2. The number of thioether (sulfide) groups is 1. The fourth-order valence-corrected chi connectivity index (χ4v) is 6.33. The summed E-state index contributed by atoms with van der Waals surface area (Å²) in [6.07, 6.45) is 3.91. The number of fused-ring (bicyclic) bond motifs is 1. The van der Waals surface area contributed by atoms with Crippen LogP contribution >= 0.6 is 23.1 Å². The standard InChI is InChI=1S/C26H32N4O4S2/c1-5-30-21(14-34-18-12-10-17(11-13-18)16(2)3)28-29-26(30)35-15-22(31)27-24-23(25(32)33-4)19-8-6-7-9-20(19)36-24/h10-13,16H,5-9,14-15H2,1-4H3,(H,27,31). The average Bonchev–Trinajstić information content (AvgIpc) is 3.46. The van der Waals surface area contributed by atoms with Crippen LogP contribution in [0.3, 0.4) is 0 Å². The molecule has 1 aliphatic carbocycles. The van der Waals surface area contributed by atoms with Crippen LogP contribution in [0, 0.1) is 0 Å². The first-order valence-corrected chi connectivity index (χ1v) is 14.0. The lowest BCUT2D eigenvalue weighted by molar-refractivity contribution is -0.113. The van der Waals surface area contributed by atoms with Crippen LogP contribution in [0.5, 0.6) is 5.75 Å². The molecule has 1 aromatic carbocycles. The van der Waals surface area contributed by atoms with Gasteiger partial charge in [-0.2, -0.15) is 0 Å². The molecular weight excluding hydrogens is 496 g/mol. The molecule has 3 aromatic rings. The number of carbonyl (C=O) groups is 2. The molecule has 0 bridgehead atoms. The van der Waals surface area contributed by atoms with Crippen LogP contribution in [-0.4, -0.2) is 39.5 Å². The van der Waals surface area contributed by atoms with Gasteiger partial charge in [-0.15, -0.1) is 21.5 Å². The Morgan fingerprint density at radius 1 is 1.17 bits per heavy atom. The second kappa shape index (κ2) is 11.9. The van der Waals surface area contributed by atoms with Crippen molar-refractivity contribution in [1.29, 1.82) is 0 Å². The van der Waals surface area contributed by atoms with E-state index in [0.717, 1.165) is 37.0 Å². The molecule has 8 nitrogen and oxygen atoms in total. The number of hydrogen-bond acceptors (Lipinski definition) is 8.